The molecule has 6 heteroatoms. The second-order valence-electron chi connectivity index (χ2n) is 5.15. The monoisotopic (exact) mass is 259 g/mol. The third-order valence-electron chi connectivity index (χ3n) is 3.92. The fourth-order valence-electron chi connectivity index (χ4n) is 2.87. The van der Waals surface area contributed by atoms with Crippen molar-refractivity contribution in [2.24, 2.45) is 0 Å². The van der Waals surface area contributed by atoms with Crippen LogP contribution in [0.15, 0.2) is 0 Å². The van der Waals surface area contributed by atoms with E-state index < -0.39 is 0 Å². The number of aryl methyl sites for hydroxylation is 1. The van der Waals surface area contributed by atoms with Crippen LogP contribution in [0, 0.1) is 18.3 Å². The van der Waals surface area contributed by atoms with Crippen LogP contribution >= 0.6 is 0 Å². The van der Waals surface area contributed by atoms with Crippen LogP contribution in [0.5, 0.6) is 0 Å². The van der Waals surface area contributed by atoms with Crippen LogP contribution in [0.2, 0.25) is 0 Å². The summed E-state index contributed by atoms with van der Waals surface area (Å²) in [4.78, 5) is 11.0. The van der Waals surface area contributed by atoms with E-state index in [0.29, 0.717) is 23.1 Å². The molecule has 2 atom stereocenters. The lowest BCUT2D eigenvalue weighted by atomic mass is 10.1. The van der Waals surface area contributed by atoms with Gasteiger partial charge >= 0.3 is 0 Å². The second kappa shape index (κ2) is 4.76. The normalized spacial score (nSPS) is 26.9. The Kier molecular flexibility index (Phi) is 3.09. The van der Waals surface area contributed by atoms with Gasteiger partial charge in [-0.2, -0.15) is 5.26 Å². The molecule has 19 heavy (non-hydrogen) atoms. The zero-order valence-electron chi connectivity index (χ0n) is 11.0. The summed E-state index contributed by atoms with van der Waals surface area (Å²) in [6.07, 6.45) is 2.31. The number of fused-ring (bicyclic) bond motifs is 1. The standard InChI is InChI=1S/C13H17N5O/c1-8-10(5-14)12(15)17-13(16-8)11-6-18-4-2-3-9(18)7-19-11/h9,11H,2-4,6-7H2,1H3,(H2,15,16,17). The molecule has 0 radical (unpaired) electrons. The Morgan fingerprint density at radius 1 is 1.47 bits per heavy atom. The van der Waals surface area contributed by atoms with Gasteiger partial charge in [0.1, 0.15) is 23.6 Å². The number of hydrogen-bond donors (Lipinski definition) is 1. The first-order valence-electron chi connectivity index (χ1n) is 6.59. The van der Waals surface area contributed by atoms with Crippen LogP contribution < -0.4 is 5.73 Å². The molecule has 6 nitrogen and oxygen atoms in total. The van der Waals surface area contributed by atoms with Gasteiger partial charge in [0.15, 0.2) is 5.82 Å². The minimum absolute atomic E-state index is 0.136. The number of nitrogens with two attached hydrogens (primary N) is 1. The molecular formula is C13H17N5O. The lowest BCUT2D eigenvalue weighted by Gasteiger charge is -2.34. The highest BCUT2D eigenvalue weighted by Crippen LogP contribution is 2.29. The maximum atomic E-state index is 8.97. The van der Waals surface area contributed by atoms with Gasteiger partial charge in [0.25, 0.3) is 0 Å². The number of morpholine rings is 1. The minimum atomic E-state index is -0.136. The highest BCUT2D eigenvalue weighted by Gasteiger charge is 2.34. The van der Waals surface area contributed by atoms with Gasteiger partial charge in [-0.25, -0.2) is 9.97 Å². The Balaban J connectivity index is 1.85. The summed E-state index contributed by atoms with van der Waals surface area (Å²) in [5.41, 5.74) is 6.79. The maximum absolute atomic E-state index is 8.97. The molecule has 3 heterocycles. The third-order valence-corrected chi connectivity index (χ3v) is 3.92. The molecule has 1 aromatic heterocycles. The molecule has 100 valence electrons. The lowest BCUT2D eigenvalue weighted by molar-refractivity contribution is -0.0541. The molecule has 3 rings (SSSR count). The van der Waals surface area contributed by atoms with E-state index in [1.165, 1.54) is 12.8 Å². The molecule has 2 aliphatic heterocycles. The second-order valence-corrected chi connectivity index (χ2v) is 5.15. The highest BCUT2D eigenvalue weighted by molar-refractivity contribution is 5.50. The molecule has 0 aromatic carbocycles. The molecule has 0 saturated carbocycles. The van der Waals surface area contributed by atoms with Gasteiger partial charge in [0.05, 0.1) is 12.3 Å². The van der Waals surface area contributed by atoms with E-state index in [-0.39, 0.29) is 11.9 Å². The predicted octanol–water partition coefficient (Wildman–Crippen LogP) is 0.775. The molecule has 1 aromatic rings. The molecule has 0 aliphatic carbocycles. The van der Waals surface area contributed by atoms with Crippen LogP contribution in [-0.4, -0.2) is 40.6 Å². The van der Waals surface area contributed by atoms with Crippen molar-refractivity contribution in [2.75, 3.05) is 25.4 Å². The summed E-state index contributed by atoms with van der Waals surface area (Å²) >= 11 is 0. The number of anilines is 1. The molecule has 2 unspecified atom stereocenters. The van der Waals surface area contributed by atoms with Gasteiger partial charge in [0.2, 0.25) is 0 Å². The van der Waals surface area contributed by atoms with Crippen LogP contribution in [0.25, 0.3) is 0 Å². The first kappa shape index (κ1) is 12.3. The molecule has 0 spiro atoms. The topological polar surface area (TPSA) is 88.1 Å². The van der Waals surface area contributed by atoms with Gasteiger partial charge in [-0.1, -0.05) is 0 Å². The van der Waals surface area contributed by atoms with Crippen molar-refractivity contribution in [3.63, 3.8) is 0 Å². The Hall–Kier alpha value is -1.71. The average molecular weight is 259 g/mol. The third kappa shape index (κ3) is 2.15. The zero-order chi connectivity index (χ0) is 13.4. The Bertz CT molecular complexity index is 515. The number of rotatable bonds is 1. The summed E-state index contributed by atoms with van der Waals surface area (Å²) < 4.78 is 5.86. The summed E-state index contributed by atoms with van der Waals surface area (Å²) in [7, 11) is 0. The average Bonchev–Trinajstić information content (AvgIpc) is 2.85. The van der Waals surface area contributed by atoms with E-state index in [4.69, 9.17) is 15.7 Å². The van der Waals surface area contributed by atoms with Crippen LogP contribution in [0.4, 0.5) is 5.82 Å². The van der Waals surface area contributed by atoms with E-state index in [2.05, 4.69) is 14.9 Å². The molecule has 0 bridgehead atoms. The summed E-state index contributed by atoms with van der Waals surface area (Å²) in [5, 5.41) is 8.97. The van der Waals surface area contributed by atoms with E-state index in [9.17, 15) is 0 Å². The maximum Gasteiger partial charge on any atom is 0.161 e. The van der Waals surface area contributed by atoms with Gasteiger partial charge in [-0.05, 0) is 26.3 Å². The van der Waals surface area contributed by atoms with Crippen molar-refractivity contribution in [1.29, 1.82) is 5.26 Å². The molecule has 2 N–H and O–H groups in total. The fraction of sp³-hybridized carbons (Fsp3) is 0.615. The van der Waals surface area contributed by atoms with E-state index >= 15 is 0 Å². The van der Waals surface area contributed by atoms with E-state index in [1.54, 1.807) is 6.92 Å². The number of hydrogen-bond acceptors (Lipinski definition) is 6. The Labute approximate surface area is 112 Å². The summed E-state index contributed by atoms with van der Waals surface area (Å²) in [6, 6.07) is 2.58. The largest absolute Gasteiger partial charge is 0.382 e. The molecule has 2 saturated heterocycles. The highest BCUT2D eigenvalue weighted by atomic mass is 16.5. The number of nitriles is 1. The van der Waals surface area contributed by atoms with E-state index in [1.807, 2.05) is 6.07 Å². The number of nitrogens with zero attached hydrogens (tertiary/aromatic N) is 4. The summed E-state index contributed by atoms with van der Waals surface area (Å²) in [5.74, 6) is 0.844. The molecular weight excluding hydrogens is 242 g/mol. The Morgan fingerprint density at radius 2 is 2.32 bits per heavy atom. The molecule has 2 fully saturated rings. The van der Waals surface area contributed by atoms with Crippen LogP contribution in [0.1, 0.15) is 36.0 Å². The first-order chi connectivity index (χ1) is 9.19. The smallest absolute Gasteiger partial charge is 0.161 e. The van der Waals surface area contributed by atoms with Gasteiger partial charge in [-0.3, -0.25) is 4.90 Å². The number of aromatic nitrogens is 2. The van der Waals surface area contributed by atoms with Crippen molar-refractivity contribution in [3.8, 4) is 6.07 Å². The van der Waals surface area contributed by atoms with Gasteiger partial charge in [-0.15, -0.1) is 0 Å². The van der Waals surface area contributed by atoms with Gasteiger partial charge in [0, 0.05) is 12.6 Å². The Morgan fingerprint density at radius 3 is 3.05 bits per heavy atom. The predicted molar refractivity (Wildman–Crippen MR) is 69.2 cm³/mol. The first-order valence-corrected chi connectivity index (χ1v) is 6.59. The van der Waals surface area contributed by atoms with Crippen molar-refractivity contribution in [3.05, 3.63) is 17.1 Å². The zero-order valence-corrected chi connectivity index (χ0v) is 11.0. The van der Waals surface area contributed by atoms with Gasteiger partial charge < -0.3 is 10.5 Å². The van der Waals surface area contributed by atoms with Crippen molar-refractivity contribution in [2.45, 2.75) is 31.9 Å². The van der Waals surface area contributed by atoms with Crippen molar-refractivity contribution >= 4 is 5.82 Å². The van der Waals surface area contributed by atoms with E-state index in [0.717, 1.165) is 19.7 Å². The quantitative estimate of drug-likeness (QED) is 0.801. The van der Waals surface area contributed by atoms with Crippen molar-refractivity contribution < 1.29 is 4.74 Å². The number of ether oxygens (including phenoxy) is 1. The minimum Gasteiger partial charge on any atom is -0.382 e. The number of nitrogen functional groups attached to an aromatic ring is 1. The molecule has 2 aliphatic rings. The molecule has 0 amide bonds. The summed E-state index contributed by atoms with van der Waals surface area (Å²) in [6.45, 7) is 4.44. The van der Waals surface area contributed by atoms with Crippen LogP contribution in [0.3, 0.4) is 0 Å². The lowest BCUT2D eigenvalue weighted by Crippen LogP contribution is -2.43. The van der Waals surface area contributed by atoms with Crippen LogP contribution in [-0.2, 0) is 4.74 Å². The fourth-order valence-corrected chi connectivity index (χ4v) is 2.87. The SMILES string of the molecule is Cc1nc(C2CN3CCCC3CO2)nc(N)c1C#N. The van der Waals surface area contributed by atoms with Crippen molar-refractivity contribution in [1.82, 2.24) is 14.9 Å².